The zero-order chi connectivity index (χ0) is 29.9. The van der Waals surface area contributed by atoms with Crippen molar-refractivity contribution < 1.29 is 9.30 Å². The van der Waals surface area contributed by atoms with E-state index in [2.05, 4.69) is 65.2 Å². The highest BCUT2D eigenvalue weighted by molar-refractivity contribution is 7.70. The molecule has 9 nitrogen and oxygen atoms in total. The summed E-state index contributed by atoms with van der Waals surface area (Å²) >= 11 is 0. The molecule has 0 unspecified atom stereocenters. The minimum absolute atomic E-state index is 0.0442. The van der Waals surface area contributed by atoms with Crippen LogP contribution in [-0.2, 0) is 4.57 Å². The Labute approximate surface area is 249 Å². The average molecular weight is 590 g/mol. The van der Waals surface area contributed by atoms with Gasteiger partial charge in [-0.15, -0.1) is 0 Å². The fraction of sp³-hybridized carbons (Fsp3) is 0.438. The molecule has 0 radical (unpaired) electrons. The number of aromatic nitrogens is 3. The van der Waals surface area contributed by atoms with Crippen LogP contribution in [0.15, 0.2) is 54.7 Å². The number of benzene rings is 2. The van der Waals surface area contributed by atoms with Gasteiger partial charge in [-0.25, -0.2) is 0 Å². The van der Waals surface area contributed by atoms with E-state index in [-0.39, 0.29) is 6.10 Å². The van der Waals surface area contributed by atoms with Gasteiger partial charge < -0.3 is 34.7 Å². The van der Waals surface area contributed by atoms with Crippen molar-refractivity contribution in [1.29, 1.82) is 0 Å². The average Bonchev–Trinajstić information content (AvgIpc) is 3.43. The first kappa shape index (κ1) is 29.9. The molecule has 0 spiro atoms. The largest absolute Gasteiger partial charge is 0.489 e. The summed E-state index contributed by atoms with van der Waals surface area (Å²) in [5, 5.41) is 8.46. The maximum atomic E-state index is 13.0. The Balaban J connectivity index is 1.41. The summed E-state index contributed by atoms with van der Waals surface area (Å²) in [5.74, 6) is 1.94. The molecule has 2 aromatic carbocycles. The van der Waals surface area contributed by atoms with Crippen molar-refractivity contribution in [2.24, 2.45) is 0 Å². The lowest BCUT2D eigenvalue weighted by molar-refractivity contribution is 0.185. The van der Waals surface area contributed by atoms with Crippen molar-refractivity contribution in [3.63, 3.8) is 0 Å². The molecule has 0 saturated carbocycles. The number of nitrogens with one attached hydrogen (secondary N) is 3. The molecule has 0 bridgehead atoms. The molecule has 224 valence electrons. The second-order valence-electron chi connectivity index (χ2n) is 11.5. The monoisotopic (exact) mass is 589 g/mol. The van der Waals surface area contributed by atoms with Crippen molar-refractivity contribution >= 4 is 52.3 Å². The van der Waals surface area contributed by atoms with E-state index in [1.807, 2.05) is 42.6 Å². The van der Waals surface area contributed by atoms with Gasteiger partial charge in [-0.05, 0) is 83.4 Å². The number of rotatable bonds is 11. The number of hydrogen-bond donors (Lipinski definition) is 3. The smallest absolute Gasteiger partial charge is 0.231 e. The molecule has 0 aliphatic carbocycles. The fourth-order valence-electron chi connectivity index (χ4n) is 5.81. The van der Waals surface area contributed by atoms with Crippen LogP contribution in [0.1, 0.15) is 40.5 Å². The van der Waals surface area contributed by atoms with Gasteiger partial charge in [0, 0.05) is 42.4 Å². The van der Waals surface area contributed by atoms with Gasteiger partial charge in [0.2, 0.25) is 5.95 Å². The number of hydrogen-bond acceptors (Lipinski definition) is 8. The van der Waals surface area contributed by atoms with Gasteiger partial charge in [0.05, 0.1) is 22.9 Å². The summed E-state index contributed by atoms with van der Waals surface area (Å²) in [4.78, 5) is 17.8. The summed E-state index contributed by atoms with van der Waals surface area (Å²) in [6.07, 6.45) is 4.19. The van der Waals surface area contributed by atoms with Crippen LogP contribution in [0, 0.1) is 0 Å². The standard InChI is InChI=1S/C32H44N7O2P/c1-7-38(8-2)24-16-19-39(20-17-24)27-14-13-23(21-28(27)41-22(3)4)34-32-36-30-25(15-18-33-30)31(37-32)35-26-11-9-10-12-29(26)42(5,6)40/h9-15,18,21-22,24H,7-8,16-17,19-20H2,1-6H3,(H3,33,34,35,36,37). The number of anilines is 5. The Bertz CT molecular complexity index is 1550. The molecular formula is C32H44N7O2P. The number of aromatic amines is 1. The third kappa shape index (κ3) is 6.74. The maximum Gasteiger partial charge on any atom is 0.231 e. The molecule has 3 N–H and O–H groups in total. The minimum Gasteiger partial charge on any atom is -0.489 e. The van der Waals surface area contributed by atoms with Crippen molar-refractivity contribution in [3.05, 3.63) is 54.7 Å². The summed E-state index contributed by atoms with van der Waals surface area (Å²) < 4.78 is 19.3. The van der Waals surface area contributed by atoms with Crippen LogP contribution in [0.5, 0.6) is 5.75 Å². The Morgan fingerprint density at radius 1 is 1.05 bits per heavy atom. The highest BCUT2D eigenvalue weighted by Gasteiger charge is 2.25. The predicted molar refractivity (Wildman–Crippen MR) is 176 cm³/mol. The first-order valence-corrected chi connectivity index (χ1v) is 17.6. The minimum atomic E-state index is -2.50. The molecule has 0 amide bonds. The van der Waals surface area contributed by atoms with Gasteiger partial charge in [-0.1, -0.05) is 26.0 Å². The molecule has 42 heavy (non-hydrogen) atoms. The lowest BCUT2D eigenvalue weighted by Gasteiger charge is -2.39. The number of nitrogens with zero attached hydrogens (tertiary/aromatic N) is 4. The van der Waals surface area contributed by atoms with E-state index in [0.29, 0.717) is 23.5 Å². The lowest BCUT2D eigenvalue weighted by atomic mass is 10.0. The zero-order valence-electron chi connectivity index (χ0n) is 25.6. The van der Waals surface area contributed by atoms with Crippen molar-refractivity contribution in [2.45, 2.75) is 52.7 Å². The molecule has 5 rings (SSSR count). The Morgan fingerprint density at radius 2 is 1.79 bits per heavy atom. The van der Waals surface area contributed by atoms with E-state index in [1.165, 1.54) is 0 Å². The van der Waals surface area contributed by atoms with Crippen molar-refractivity contribution in [1.82, 2.24) is 19.9 Å². The third-order valence-corrected chi connectivity index (χ3v) is 9.42. The fourth-order valence-corrected chi connectivity index (χ4v) is 6.97. The second-order valence-corrected chi connectivity index (χ2v) is 14.7. The molecule has 4 aromatic rings. The summed E-state index contributed by atoms with van der Waals surface area (Å²) in [6, 6.07) is 16.5. The van der Waals surface area contributed by atoms with Crippen LogP contribution in [0.2, 0.25) is 0 Å². The Hall–Kier alpha value is -3.55. The molecule has 10 heteroatoms. The molecule has 1 fully saturated rings. The molecular weight excluding hydrogens is 545 g/mol. The topological polar surface area (TPSA) is 98.4 Å². The summed E-state index contributed by atoms with van der Waals surface area (Å²) in [6.45, 7) is 16.4. The Morgan fingerprint density at radius 3 is 2.48 bits per heavy atom. The first-order valence-electron chi connectivity index (χ1n) is 15.0. The summed E-state index contributed by atoms with van der Waals surface area (Å²) in [5.41, 5.74) is 3.45. The number of piperidine rings is 1. The number of fused-ring (bicyclic) bond motifs is 1. The van der Waals surface area contributed by atoms with Crippen molar-refractivity contribution in [3.8, 4) is 5.75 Å². The van der Waals surface area contributed by atoms with Crippen LogP contribution in [0.3, 0.4) is 0 Å². The number of ether oxygens (including phenoxy) is 1. The van der Waals surface area contributed by atoms with Gasteiger partial charge in [0.15, 0.2) is 0 Å². The maximum absolute atomic E-state index is 13.0. The molecule has 2 aromatic heterocycles. The van der Waals surface area contributed by atoms with Crippen LogP contribution in [0.25, 0.3) is 11.0 Å². The van der Waals surface area contributed by atoms with Crippen LogP contribution in [-0.4, -0.2) is 71.5 Å². The van der Waals surface area contributed by atoms with E-state index < -0.39 is 7.14 Å². The molecule has 0 atom stereocenters. The van der Waals surface area contributed by atoms with E-state index in [0.717, 1.165) is 72.5 Å². The normalized spacial score (nSPS) is 14.6. The number of H-pyrrole nitrogens is 1. The van der Waals surface area contributed by atoms with E-state index in [9.17, 15) is 4.57 Å². The molecule has 1 saturated heterocycles. The quantitative estimate of drug-likeness (QED) is 0.165. The Kier molecular flexibility index (Phi) is 9.09. The van der Waals surface area contributed by atoms with Crippen molar-refractivity contribution in [2.75, 3.05) is 55.0 Å². The van der Waals surface area contributed by atoms with E-state index in [4.69, 9.17) is 14.7 Å². The zero-order valence-corrected chi connectivity index (χ0v) is 26.5. The lowest BCUT2D eigenvalue weighted by Crippen LogP contribution is -2.45. The SMILES string of the molecule is CCN(CC)C1CCN(c2ccc(Nc3nc(Nc4ccccc4P(C)(C)=O)c4cc[nH]c4n3)cc2OC(C)C)CC1. The third-order valence-electron chi connectivity index (χ3n) is 7.87. The molecule has 3 heterocycles. The van der Waals surface area contributed by atoms with Crippen LogP contribution >= 0.6 is 7.14 Å². The first-order chi connectivity index (χ1) is 20.2. The highest BCUT2D eigenvalue weighted by atomic mass is 31.2. The molecule has 1 aliphatic rings. The molecule has 1 aliphatic heterocycles. The highest BCUT2D eigenvalue weighted by Crippen LogP contribution is 2.39. The van der Waals surface area contributed by atoms with Crippen LogP contribution < -0.4 is 25.6 Å². The van der Waals surface area contributed by atoms with E-state index in [1.54, 1.807) is 13.3 Å². The van der Waals surface area contributed by atoms with E-state index >= 15 is 0 Å². The van der Waals surface area contributed by atoms with Gasteiger partial charge in [-0.2, -0.15) is 9.97 Å². The van der Waals surface area contributed by atoms with Crippen LogP contribution in [0.4, 0.5) is 28.8 Å². The summed E-state index contributed by atoms with van der Waals surface area (Å²) in [7, 11) is -2.50. The van der Waals surface area contributed by atoms with Gasteiger partial charge in [0.25, 0.3) is 0 Å². The van der Waals surface area contributed by atoms with Gasteiger partial charge in [-0.3, -0.25) is 0 Å². The van der Waals surface area contributed by atoms with Gasteiger partial charge >= 0.3 is 0 Å². The second kappa shape index (κ2) is 12.8. The number of para-hydroxylation sites is 1. The van der Waals surface area contributed by atoms with Gasteiger partial charge in [0.1, 0.15) is 24.4 Å². The predicted octanol–water partition coefficient (Wildman–Crippen LogP) is 6.79.